The van der Waals surface area contributed by atoms with Crippen molar-refractivity contribution in [1.29, 1.82) is 0 Å². The van der Waals surface area contributed by atoms with Crippen molar-refractivity contribution in [3.05, 3.63) is 36.8 Å². The summed E-state index contributed by atoms with van der Waals surface area (Å²) in [5.41, 5.74) is 0.910. The van der Waals surface area contributed by atoms with E-state index in [4.69, 9.17) is 9.47 Å². The molecule has 0 aliphatic carbocycles. The molecule has 1 aromatic carbocycles. The molecular weight excluding hydrogens is 218 g/mol. The molecule has 1 aromatic heterocycles. The predicted molar refractivity (Wildman–Crippen MR) is 62.7 cm³/mol. The van der Waals surface area contributed by atoms with Crippen LogP contribution in [-0.2, 0) is 0 Å². The zero-order chi connectivity index (χ0) is 11.5. The molecule has 3 rings (SSSR count). The lowest BCUT2D eigenvalue weighted by atomic mass is 10.2. The van der Waals surface area contributed by atoms with Gasteiger partial charge in [0.25, 0.3) is 0 Å². The van der Waals surface area contributed by atoms with Gasteiger partial charge in [0.15, 0.2) is 11.5 Å². The monoisotopic (exact) mass is 229 g/mol. The van der Waals surface area contributed by atoms with E-state index in [0.717, 1.165) is 23.0 Å². The van der Waals surface area contributed by atoms with Crippen molar-refractivity contribution in [3.63, 3.8) is 0 Å². The summed E-state index contributed by atoms with van der Waals surface area (Å²) in [6.07, 6.45) is 3.19. The number of nitrogens with zero attached hydrogens (tertiary/aromatic N) is 2. The van der Waals surface area contributed by atoms with Crippen LogP contribution in [0.25, 0.3) is 0 Å². The molecule has 0 fully saturated rings. The zero-order valence-corrected chi connectivity index (χ0v) is 9.09. The van der Waals surface area contributed by atoms with Gasteiger partial charge in [0.1, 0.15) is 25.4 Å². The average molecular weight is 229 g/mol. The second-order valence-electron chi connectivity index (χ2n) is 3.58. The van der Waals surface area contributed by atoms with E-state index in [1.807, 2.05) is 18.2 Å². The van der Waals surface area contributed by atoms with Gasteiger partial charge in [0.2, 0.25) is 0 Å². The molecule has 0 radical (unpaired) electrons. The fourth-order valence-electron chi connectivity index (χ4n) is 1.63. The van der Waals surface area contributed by atoms with Crippen LogP contribution in [0.3, 0.4) is 0 Å². The van der Waals surface area contributed by atoms with Crippen molar-refractivity contribution >= 4 is 11.5 Å². The van der Waals surface area contributed by atoms with Crippen LogP contribution < -0.4 is 14.8 Å². The molecule has 0 atom stereocenters. The van der Waals surface area contributed by atoms with Crippen LogP contribution in [0.15, 0.2) is 36.8 Å². The highest BCUT2D eigenvalue weighted by Crippen LogP contribution is 2.33. The molecule has 1 aliphatic rings. The summed E-state index contributed by atoms with van der Waals surface area (Å²) in [4.78, 5) is 7.95. The highest BCUT2D eigenvalue weighted by atomic mass is 16.6. The number of fused-ring (bicyclic) bond motifs is 1. The van der Waals surface area contributed by atoms with E-state index >= 15 is 0 Å². The topological polar surface area (TPSA) is 56.3 Å². The molecule has 2 heterocycles. The van der Waals surface area contributed by atoms with Crippen LogP contribution in [0.2, 0.25) is 0 Å². The molecule has 0 unspecified atom stereocenters. The molecule has 0 bridgehead atoms. The van der Waals surface area contributed by atoms with Crippen molar-refractivity contribution in [2.75, 3.05) is 18.5 Å². The Morgan fingerprint density at radius 2 is 1.94 bits per heavy atom. The second-order valence-corrected chi connectivity index (χ2v) is 3.58. The molecule has 17 heavy (non-hydrogen) atoms. The third-order valence-corrected chi connectivity index (χ3v) is 2.40. The van der Waals surface area contributed by atoms with E-state index in [9.17, 15) is 0 Å². The van der Waals surface area contributed by atoms with E-state index in [1.54, 1.807) is 12.3 Å². The number of anilines is 2. The molecule has 2 aromatic rings. The summed E-state index contributed by atoms with van der Waals surface area (Å²) in [5, 5.41) is 3.17. The third kappa shape index (κ3) is 2.13. The fraction of sp³-hybridized carbons (Fsp3) is 0.167. The lowest BCUT2D eigenvalue weighted by molar-refractivity contribution is 0.171. The van der Waals surface area contributed by atoms with E-state index in [1.165, 1.54) is 6.33 Å². The summed E-state index contributed by atoms with van der Waals surface area (Å²) in [5.74, 6) is 2.29. The van der Waals surface area contributed by atoms with E-state index in [0.29, 0.717) is 13.2 Å². The quantitative estimate of drug-likeness (QED) is 0.853. The Bertz CT molecular complexity index is 516. The first-order valence-corrected chi connectivity index (χ1v) is 5.34. The average Bonchev–Trinajstić information content (AvgIpc) is 2.40. The van der Waals surface area contributed by atoms with Gasteiger partial charge in [-0.05, 0) is 18.2 Å². The Labute approximate surface area is 98.4 Å². The highest BCUT2D eigenvalue weighted by Gasteiger charge is 2.11. The van der Waals surface area contributed by atoms with Gasteiger partial charge in [0, 0.05) is 18.0 Å². The Morgan fingerprint density at radius 1 is 1.06 bits per heavy atom. The summed E-state index contributed by atoms with van der Waals surface area (Å²) in [6, 6.07) is 7.51. The van der Waals surface area contributed by atoms with Crippen molar-refractivity contribution in [3.8, 4) is 11.5 Å². The molecule has 5 heteroatoms. The number of nitrogens with one attached hydrogen (secondary N) is 1. The molecule has 0 saturated heterocycles. The van der Waals surface area contributed by atoms with E-state index < -0.39 is 0 Å². The molecular formula is C12H11N3O2. The van der Waals surface area contributed by atoms with Crippen molar-refractivity contribution < 1.29 is 9.47 Å². The number of ether oxygens (including phenoxy) is 2. The van der Waals surface area contributed by atoms with Crippen LogP contribution in [0.1, 0.15) is 0 Å². The van der Waals surface area contributed by atoms with Crippen molar-refractivity contribution in [2.45, 2.75) is 0 Å². The third-order valence-electron chi connectivity index (χ3n) is 2.40. The highest BCUT2D eigenvalue weighted by molar-refractivity contribution is 5.61. The molecule has 0 spiro atoms. The van der Waals surface area contributed by atoms with Gasteiger partial charge in [-0.1, -0.05) is 0 Å². The lowest BCUT2D eigenvalue weighted by Crippen LogP contribution is -2.15. The first-order chi connectivity index (χ1) is 8.42. The molecule has 86 valence electrons. The van der Waals surface area contributed by atoms with Gasteiger partial charge in [0.05, 0.1) is 0 Å². The van der Waals surface area contributed by atoms with Crippen molar-refractivity contribution in [2.24, 2.45) is 0 Å². The van der Waals surface area contributed by atoms with Crippen LogP contribution in [-0.4, -0.2) is 23.2 Å². The summed E-state index contributed by atoms with van der Waals surface area (Å²) in [7, 11) is 0. The van der Waals surface area contributed by atoms with Crippen LogP contribution >= 0.6 is 0 Å². The van der Waals surface area contributed by atoms with Gasteiger partial charge in [-0.25, -0.2) is 9.97 Å². The van der Waals surface area contributed by atoms with Gasteiger partial charge in [-0.15, -0.1) is 0 Å². The first-order valence-electron chi connectivity index (χ1n) is 5.34. The molecule has 5 nitrogen and oxygen atoms in total. The Hall–Kier alpha value is -2.30. The normalized spacial score (nSPS) is 13.2. The molecule has 0 amide bonds. The number of benzene rings is 1. The van der Waals surface area contributed by atoms with Crippen LogP contribution in [0, 0.1) is 0 Å². The van der Waals surface area contributed by atoms with Crippen LogP contribution in [0.5, 0.6) is 11.5 Å². The van der Waals surface area contributed by atoms with E-state index in [2.05, 4.69) is 15.3 Å². The maximum atomic E-state index is 5.50. The Kier molecular flexibility index (Phi) is 2.50. The number of hydrogen-bond donors (Lipinski definition) is 1. The molecule has 0 saturated carbocycles. The van der Waals surface area contributed by atoms with Crippen LogP contribution in [0.4, 0.5) is 11.5 Å². The Morgan fingerprint density at radius 3 is 2.76 bits per heavy atom. The van der Waals surface area contributed by atoms with Gasteiger partial charge < -0.3 is 14.8 Å². The summed E-state index contributed by atoms with van der Waals surface area (Å²) < 4.78 is 11.0. The SMILES string of the molecule is c1cc(Nc2ccc3c(c2)OCCO3)ncn1. The minimum Gasteiger partial charge on any atom is -0.486 e. The fourth-order valence-corrected chi connectivity index (χ4v) is 1.63. The second kappa shape index (κ2) is 4.29. The number of hydrogen-bond acceptors (Lipinski definition) is 5. The smallest absolute Gasteiger partial charge is 0.163 e. The minimum absolute atomic E-state index is 0.587. The summed E-state index contributed by atoms with van der Waals surface area (Å²) >= 11 is 0. The maximum absolute atomic E-state index is 5.50. The zero-order valence-electron chi connectivity index (χ0n) is 9.09. The summed E-state index contributed by atoms with van der Waals surface area (Å²) in [6.45, 7) is 1.19. The van der Waals surface area contributed by atoms with Gasteiger partial charge in [-0.3, -0.25) is 0 Å². The maximum Gasteiger partial charge on any atom is 0.163 e. The number of rotatable bonds is 2. The van der Waals surface area contributed by atoms with Gasteiger partial charge in [-0.2, -0.15) is 0 Å². The van der Waals surface area contributed by atoms with Gasteiger partial charge >= 0.3 is 0 Å². The Balaban J connectivity index is 1.84. The van der Waals surface area contributed by atoms with E-state index in [-0.39, 0.29) is 0 Å². The first kappa shape index (κ1) is 9.89. The number of aromatic nitrogens is 2. The predicted octanol–water partition coefficient (Wildman–Crippen LogP) is 1.99. The largest absolute Gasteiger partial charge is 0.486 e. The lowest BCUT2D eigenvalue weighted by Gasteiger charge is -2.19. The standard InChI is InChI=1S/C12H11N3O2/c1-2-10-11(17-6-5-16-10)7-9(1)15-12-3-4-13-8-14-12/h1-4,7-8H,5-6H2,(H,13,14,15). The van der Waals surface area contributed by atoms with Crippen molar-refractivity contribution in [1.82, 2.24) is 9.97 Å². The molecule has 1 aliphatic heterocycles. The molecule has 1 N–H and O–H groups in total. The minimum atomic E-state index is 0.587.